The van der Waals surface area contributed by atoms with Gasteiger partial charge in [-0.3, -0.25) is 9.89 Å². The fourth-order valence-corrected chi connectivity index (χ4v) is 4.97. The lowest BCUT2D eigenvalue weighted by atomic mass is 10.1. The summed E-state index contributed by atoms with van der Waals surface area (Å²) in [6.45, 7) is 4.68. The quantitative estimate of drug-likeness (QED) is 0.156. The molecule has 10 heteroatoms. The maximum absolute atomic E-state index is 12.2. The molecule has 4 aromatic rings. The first kappa shape index (κ1) is 29.6. The van der Waals surface area contributed by atoms with Crippen LogP contribution in [0, 0.1) is 0 Å². The third-order valence-corrected chi connectivity index (χ3v) is 7.10. The molecule has 0 radical (unpaired) electrons. The molecule has 1 amide bonds. The van der Waals surface area contributed by atoms with E-state index in [2.05, 4.69) is 51.2 Å². The van der Waals surface area contributed by atoms with Crippen molar-refractivity contribution in [1.29, 1.82) is 0 Å². The number of aromatic nitrogens is 2. The zero-order valence-corrected chi connectivity index (χ0v) is 23.7. The first-order chi connectivity index (χ1) is 19.7. The van der Waals surface area contributed by atoms with Crippen LogP contribution in [0.4, 0.5) is 5.69 Å². The Labute approximate surface area is 238 Å². The maximum Gasteiger partial charge on any atom is 0.252 e. The Morgan fingerprint density at radius 1 is 0.875 bits per heavy atom. The summed E-state index contributed by atoms with van der Waals surface area (Å²) >= 11 is 1.56. The van der Waals surface area contributed by atoms with E-state index in [0.717, 1.165) is 37.6 Å². The van der Waals surface area contributed by atoms with E-state index in [9.17, 15) is 4.79 Å². The predicted molar refractivity (Wildman–Crippen MR) is 158 cm³/mol. The van der Waals surface area contributed by atoms with Crippen molar-refractivity contribution in [3.63, 3.8) is 0 Å². The summed E-state index contributed by atoms with van der Waals surface area (Å²) in [6.07, 6.45) is 0. The highest BCUT2D eigenvalue weighted by atomic mass is 32.2. The number of anilines is 1. The van der Waals surface area contributed by atoms with Gasteiger partial charge in [-0.1, -0.05) is 36.0 Å². The average molecular weight is 565 g/mol. The fraction of sp³-hybridized carbons (Fsp3) is 0.333. The lowest BCUT2D eigenvalue weighted by molar-refractivity contribution is 0.00495. The van der Waals surface area contributed by atoms with Crippen LogP contribution in [0.15, 0.2) is 76.5 Å². The van der Waals surface area contributed by atoms with E-state index in [1.54, 1.807) is 25.9 Å². The van der Waals surface area contributed by atoms with E-state index in [-0.39, 0.29) is 5.91 Å². The fourth-order valence-electron chi connectivity index (χ4n) is 3.98. The number of aromatic amines is 1. The van der Waals surface area contributed by atoms with Crippen LogP contribution in [0.3, 0.4) is 0 Å². The molecule has 0 aliphatic carbocycles. The minimum Gasteiger partial charge on any atom is -0.383 e. The molecule has 0 aliphatic rings. The lowest BCUT2D eigenvalue weighted by Gasteiger charge is -2.09. The van der Waals surface area contributed by atoms with Gasteiger partial charge in [-0.05, 0) is 42.5 Å². The highest BCUT2D eigenvalue weighted by molar-refractivity contribution is 7.99. The topological polar surface area (TPSA) is 107 Å². The van der Waals surface area contributed by atoms with Gasteiger partial charge < -0.3 is 29.6 Å². The van der Waals surface area contributed by atoms with Crippen LogP contribution in [-0.4, -0.2) is 83.1 Å². The molecule has 3 aromatic carbocycles. The minimum atomic E-state index is -0.0976. The van der Waals surface area contributed by atoms with Crippen molar-refractivity contribution in [3.8, 4) is 11.3 Å². The van der Waals surface area contributed by atoms with Crippen LogP contribution in [0.1, 0.15) is 10.4 Å². The van der Waals surface area contributed by atoms with Gasteiger partial charge in [0.15, 0.2) is 0 Å². The van der Waals surface area contributed by atoms with E-state index in [0.29, 0.717) is 58.4 Å². The van der Waals surface area contributed by atoms with Crippen molar-refractivity contribution >= 4 is 34.3 Å². The van der Waals surface area contributed by atoms with Crippen LogP contribution < -0.4 is 10.6 Å². The Balaban J connectivity index is 1.23. The van der Waals surface area contributed by atoms with Crippen molar-refractivity contribution in [2.75, 3.05) is 72.3 Å². The van der Waals surface area contributed by atoms with Crippen LogP contribution in [0.5, 0.6) is 0 Å². The first-order valence-corrected chi connectivity index (χ1v) is 14.0. The Kier molecular flexibility index (Phi) is 11.8. The van der Waals surface area contributed by atoms with Crippen molar-refractivity contribution in [3.05, 3.63) is 72.3 Å². The van der Waals surface area contributed by atoms with E-state index in [4.69, 9.17) is 18.9 Å². The summed E-state index contributed by atoms with van der Waals surface area (Å²) in [5.41, 5.74) is 4.55. The second-order valence-electron chi connectivity index (χ2n) is 8.79. The summed E-state index contributed by atoms with van der Waals surface area (Å²) in [5, 5.41) is 14.9. The Hall–Kier alpha value is -3.41. The Bertz CT molecular complexity index is 1350. The van der Waals surface area contributed by atoms with Crippen molar-refractivity contribution < 1.29 is 23.7 Å². The monoisotopic (exact) mass is 564 g/mol. The van der Waals surface area contributed by atoms with Gasteiger partial charge in [-0.2, -0.15) is 5.10 Å². The molecule has 0 saturated heterocycles. The number of nitrogens with zero attached hydrogens (tertiary/aromatic N) is 1. The van der Waals surface area contributed by atoms with E-state index >= 15 is 0 Å². The molecule has 1 heterocycles. The van der Waals surface area contributed by atoms with Gasteiger partial charge in [0.25, 0.3) is 5.91 Å². The normalized spacial score (nSPS) is 11.2. The summed E-state index contributed by atoms with van der Waals surface area (Å²) < 4.78 is 21.4. The molecule has 0 fully saturated rings. The van der Waals surface area contributed by atoms with Gasteiger partial charge in [-0.15, -0.1) is 0 Å². The molecule has 0 bridgehead atoms. The van der Waals surface area contributed by atoms with Crippen LogP contribution in [-0.2, 0) is 18.9 Å². The number of H-pyrrole nitrogens is 1. The zero-order chi connectivity index (χ0) is 28.0. The molecule has 212 valence electrons. The maximum atomic E-state index is 12.2. The third-order valence-electron chi connectivity index (χ3n) is 6.03. The second kappa shape index (κ2) is 16.0. The molecular formula is C30H36N4O5S. The predicted octanol–water partition coefficient (Wildman–Crippen LogP) is 4.85. The third kappa shape index (κ3) is 8.54. The minimum absolute atomic E-state index is 0.0976. The molecule has 3 N–H and O–H groups in total. The number of rotatable bonds is 17. The number of nitrogens with one attached hydrogen (secondary N) is 3. The molecule has 40 heavy (non-hydrogen) atoms. The summed E-state index contributed by atoms with van der Waals surface area (Å²) in [6, 6.07) is 22.0. The van der Waals surface area contributed by atoms with E-state index < -0.39 is 0 Å². The van der Waals surface area contributed by atoms with Gasteiger partial charge in [0, 0.05) is 47.1 Å². The SMILES string of the molecule is CNC(=O)c1ccccc1Sc1ccc2c(-c3ccc(NCCOCCOCCOCCOC)cc3)n[nH]c2c1. The average Bonchev–Trinajstić information content (AvgIpc) is 3.41. The summed E-state index contributed by atoms with van der Waals surface area (Å²) in [5.74, 6) is -0.0976. The number of carbonyl (C=O) groups excluding carboxylic acids is 1. The van der Waals surface area contributed by atoms with Crippen LogP contribution >= 0.6 is 11.8 Å². The number of methoxy groups -OCH3 is 1. The molecule has 0 spiro atoms. The first-order valence-electron chi connectivity index (χ1n) is 13.2. The smallest absolute Gasteiger partial charge is 0.252 e. The Morgan fingerprint density at radius 3 is 2.30 bits per heavy atom. The zero-order valence-electron chi connectivity index (χ0n) is 22.9. The van der Waals surface area contributed by atoms with Crippen molar-refractivity contribution in [1.82, 2.24) is 15.5 Å². The van der Waals surface area contributed by atoms with Crippen molar-refractivity contribution in [2.24, 2.45) is 0 Å². The number of carbonyl (C=O) groups is 1. The molecule has 0 aliphatic heterocycles. The van der Waals surface area contributed by atoms with E-state index in [1.807, 2.05) is 36.4 Å². The van der Waals surface area contributed by atoms with Gasteiger partial charge >= 0.3 is 0 Å². The molecule has 0 unspecified atom stereocenters. The Morgan fingerprint density at radius 2 is 1.57 bits per heavy atom. The van der Waals surface area contributed by atoms with Crippen LogP contribution in [0.25, 0.3) is 22.2 Å². The number of hydrogen-bond donors (Lipinski definition) is 3. The molecule has 1 aromatic heterocycles. The largest absolute Gasteiger partial charge is 0.383 e. The standard InChI is InChI=1S/C30H36N4O5S/c1-31-30(35)26-5-3-4-6-28(26)40-24-11-12-25-27(21-24)33-34-29(25)22-7-9-23(10-8-22)32-13-14-37-17-18-39-20-19-38-16-15-36-2/h3-12,21,32H,13-20H2,1-2H3,(H,31,35)(H,33,34). The highest BCUT2D eigenvalue weighted by Crippen LogP contribution is 2.34. The van der Waals surface area contributed by atoms with Gasteiger partial charge in [-0.25, -0.2) is 0 Å². The summed E-state index contributed by atoms with van der Waals surface area (Å²) in [4.78, 5) is 14.2. The summed E-state index contributed by atoms with van der Waals surface area (Å²) in [7, 11) is 3.29. The molecule has 4 rings (SSSR count). The number of benzene rings is 3. The number of fused-ring (bicyclic) bond motifs is 1. The molecular weight excluding hydrogens is 528 g/mol. The van der Waals surface area contributed by atoms with Crippen LogP contribution in [0.2, 0.25) is 0 Å². The number of hydrogen-bond acceptors (Lipinski definition) is 8. The number of amides is 1. The highest BCUT2D eigenvalue weighted by Gasteiger charge is 2.13. The van der Waals surface area contributed by atoms with Gasteiger partial charge in [0.05, 0.1) is 63.0 Å². The molecule has 0 atom stereocenters. The van der Waals surface area contributed by atoms with Crippen molar-refractivity contribution in [2.45, 2.75) is 9.79 Å². The van der Waals surface area contributed by atoms with E-state index in [1.165, 1.54) is 0 Å². The number of ether oxygens (including phenoxy) is 4. The molecule has 9 nitrogen and oxygen atoms in total. The van der Waals surface area contributed by atoms with Gasteiger partial charge in [0.2, 0.25) is 0 Å². The van der Waals surface area contributed by atoms with Gasteiger partial charge in [0.1, 0.15) is 0 Å². The lowest BCUT2D eigenvalue weighted by Crippen LogP contribution is -2.18. The molecule has 0 saturated carbocycles. The second-order valence-corrected chi connectivity index (χ2v) is 9.91.